The van der Waals surface area contributed by atoms with E-state index in [0.29, 0.717) is 13.1 Å². The van der Waals surface area contributed by atoms with Crippen molar-refractivity contribution in [3.8, 4) is 0 Å². The number of hydrogen-bond donors (Lipinski definition) is 2. The van der Waals surface area contributed by atoms with Crippen molar-refractivity contribution in [2.75, 3.05) is 31.1 Å². The van der Waals surface area contributed by atoms with Crippen LogP contribution in [0, 0.1) is 17.3 Å². The third kappa shape index (κ3) is 3.30. The minimum absolute atomic E-state index is 0.0850. The summed E-state index contributed by atoms with van der Waals surface area (Å²) in [7, 11) is 0. The van der Waals surface area contributed by atoms with Crippen LogP contribution in [-0.2, 0) is 9.59 Å². The molecule has 2 N–H and O–H groups in total. The number of amides is 2. The summed E-state index contributed by atoms with van der Waals surface area (Å²) in [5, 5.41) is 9.12. The van der Waals surface area contributed by atoms with Gasteiger partial charge in [-0.2, -0.15) is 0 Å². The van der Waals surface area contributed by atoms with Gasteiger partial charge in [-0.15, -0.1) is 0 Å². The summed E-state index contributed by atoms with van der Waals surface area (Å²) in [5.74, 6) is -0.994. The van der Waals surface area contributed by atoms with Gasteiger partial charge in [0.05, 0.1) is 5.92 Å². The lowest BCUT2D eigenvalue weighted by Crippen LogP contribution is -2.53. The van der Waals surface area contributed by atoms with Gasteiger partial charge < -0.3 is 9.80 Å². The number of nitrogens with zero attached hydrogens (tertiary/aromatic N) is 2. The Morgan fingerprint density at radius 3 is 2.31 bits per heavy atom. The molecule has 3 fully saturated rings. The van der Waals surface area contributed by atoms with Gasteiger partial charge in [0.25, 0.3) is 0 Å². The van der Waals surface area contributed by atoms with Crippen molar-refractivity contribution in [2.45, 2.75) is 32.1 Å². The lowest BCUT2D eigenvalue weighted by molar-refractivity contribution is -0.148. The molecule has 6 heteroatoms. The Hall–Kier alpha value is -2.08. The number of hydrogen-bond acceptors (Lipinski definition) is 4. The number of carbonyl (C=O) groups is 2. The SMILES string of the molecule is O=C(NO)[C@@H]1CC2(CC[C@@H]1C(=O)N1CCN(c3ccccc3)CC1)CC2. The minimum atomic E-state index is -0.393. The van der Waals surface area contributed by atoms with E-state index in [4.69, 9.17) is 5.21 Å². The maximum atomic E-state index is 13.1. The summed E-state index contributed by atoms with van der Waals surface area (Å²) in [4.78, 5) is 29.5. The van der Waals surface area contributed by atoms with Gasteiger partial charge in [-0.1, -0.05) is 18.2 Å². The zero-order valence-corrected chi connectivity index (χ0v) is 15.1. The van der Waals surface area contributed by atoms with E-state index in [1.54, 1.807) is 5.48 Å². The van der Waals surface area contributed by atoms with E-state index in [2.05, 4.69) is 17.0 Å². The normalized spacial score (nSPS) is 27.3. The first-order chi connectivity index (χ1) is 12.6. The molecule has 1 heterocycles. The van der Waals surface area contributed by atoms with Crippen LogP contribution in [0.25, 0.3) is 0 Å². The topological polar surface area (TPSA) is 72.9 Å². The van der Waals surface area contributed by atoms with Crippen molar-refractivity contribution in [3.63, 3.8) is 0 Å². The van der Waals surface area contributed by atoms with Crippen LogP contribution in [0.3, 0.4) is 0 Å². The summed E-state index contributed by atoms with van der Waals surface area (Å²) in [6.45, 7) is 2.98. The molecule has 0 unspecified atom stereocenters. The van der Waals surface area contributed by atoms with Crippen molar-refractivity contribution >= 4 is 17.5 Å². The quantitative estimate of drug-likeness (QED) is 0.641. The van der Waals surface area contributed by atoms with Crippen molar-refractivity contribution < 1.29 is 14.8 Å². The average molecular weight is 357 g/mol. The van der Waals surface area contributed by atoms with E-state index in [1.165, 1.54) is 5.69 Å². The second-order valence-corrected chi connectivity index (χ2v) is 8.08. The third-order valence-corrected chi connectivity index (χ3v) is 6.56. The molecule has 1 saturated heterocycles. The van der Waals surface area contributed by atoms with Crippen molar-refractivity contribution in [3.05, 3.63) is 30.3 Å². The van der Waals surface area contributed by atoms with Crippen molar-refractivity contribution in [1.82, 2.24) is 10.4 Å². The first kappa shape index (κ1) is 17.3. The molecule has 1 aromatic carbocycles. The lowest BCUT2D eigenvalue weighted by Gasteiger charge is -2.41. The molecule has 1 aromatic rings. The summed E-state index contributed by atoms with van der Waals surface area (Å²) in [5.41, 5.74) is 3.25. The highest BCUT2D eigenvalue weighted by atomic mass is 16.5. The van der Waals surface area contributed by atoms with Gasteiger partial charge in [-0.25, -0.2) is 5.48 Å². The first-order valence-electron chi connectivity index (χ1n) is 9.65. The molecule has 140 valence electrons. The van der Waals surface area contributed by atoms with Crippen LogP contribution in [0.2, 0.25) is 0 Å². The van der Waals surface area contributed by atoms with E-state index < -0.39 is 11.8 Å². The second kappa shape index (κ2) is 6.91. The Morgan fingerprint density at radius 1 is 1.00 bits per heavy atom. The number of rotatable bonds is 3. The summed E-state index contributed by atoms with van der Waals surface area (Å²) >= 11 is 0. The fraction of sp³-hybridized carbons (Fsp3) is 0.600. The number of hydroxylamine groups is 1. The van der Waals surface area contributed by atoms with E-state index in [0.717, 1.165) is 45.2 Å². The molecule has 2 aliphatic carbocycles. The molecule has 26 heavy (non-hydrogen) atoms. The third-order valence-electron chi connectivity index (χ3n) is 6.56. The number of anilines is 1. The smallest absolute Gasteiger partial charge is 0.247 e. The summed E-state index contributed by atoms with van der Waals surface area (Å²) in [6.07, 6.45) is 4.83. The second-order valence-electron chi connectivity index (χ2n) is 8.08. The maximum absolute atomic E-state index is 13.1. The lowest BCUT2D eigenvalue weighted by atomic mass is 9.71. The molecule has 0 bridgehead atoms. The Kier molecular flexibility index (Phi) is 4.61. The monoisotopic (exact) mass is 357 g/mol. The maximum Gasteiger partial charge on any atom is 0.247 e. The molecule has 3 aliphatic rings. The zero-order valence-electron chi connectivity index (χ0n) is 15.1. The predicted molar refractivity (Wildman–Crippen MR) is 97.7 cm³/mol. The number of benzene rings is 1. The fourth-order valence-corrected chi connectivity index (χ4v) is 4.72. The summed E-state index contributed by atoms with van der Waals surface area (Å²) in [6, 6.07) is 10.2. The van der Waals surface area contributed by atoms with Gasteiger partial charge in [0.2, 0.25) is 11.8 Å². The summed E-state index contributed by atoms with van der Waals surface area (Å²) < 4.78 is 0. The Labute approximate surface area is 154 Å². The van der Waals surface area contributed by atoms with Crippen LogP contribution in [0.4, 0.5) is 5.69 Å². The van der Waals surface area contributed by atoms with Gasteiger partial charge in [-0.3, -0.25) is 14.8 Å². The van der Waals surface area contributed by atoms with Crippen molar-refractivity contribution in [1.29, 1.82) is 0 Å². The van der Waals surface area contributed by atoms with Crippen LogP contribution >= 0.6 is 0 Å². The number of carbonyl (C=O) groups excluding carboxylic acids is 2. The Bertz CT molecular complexity index is 666. The Balaban J connectivity index is 1.40. The first-order valence-corrected chi connectivity index (χ1v) is 9.65. The molecule has 6 nitrogen and oxygen atoms in total. The molecule has 2 atom stereocenters. The van der Waals surface area contributed by atoms with Gasteiger partial charge in [0.1, 0.15) is 0 Å². The highest BCUT2D eigenvalue weighted by molar-refractivity contribution is 5.87. The molecule has 0 radical (unpaired) electrons. The molecule has 2 amide bonds. The van der Waals surface area contributed by atoms with Crippen molar-refractivity contribution in [2.24, 2.45) is 17.3 Å². The number of piperazine rings is 1. The van der Waals surface area contributed by atoms with Gasteiger partial charge in [0.15, 0.2) is 0 Å². The zero-order chi connectivity index (χ0) is 18.1. The molecular formula is C20H27N3O3. The average Bonchev–Trinajstić information content (AvgIpc) is 3.46. The van der Waals surface area contributed by atoms with E-state index in [9.17, 15) is 9.59 Å². The van der Waals surface area contributed by atoms with Crippen LogP contribution in [0.5, 0.6) is 0 Å². The predicted octanol–water partition coefficient (Wildman–Crippen LogP) is 2.04. The number of para-hydroxylation sites is 1. The molecule has 2 saturated carbocycles. The Morgan fingerprint density at radius 2 is 1.69 bits per heavy atom. The van der Waals surface area contributed by atoms with E-state index >= 15 is 0 Å². The molecule has 0 aromatic heterocycles. The molecule has 1 aliphatic heterocycles. The van der Waals surface area contributed by atoms with Gasteiger partial charge in [0, 0.05) is 37.8 Å². The molecule has 1 spiro atoms. The van der Waals surface area contributed by atoms with Crippen LogP contribution in [0.15, 0.2) is 30.3 Å². The highest BCUT2D eigenvalue weighted by Crippen LogP contribution is 2.59. The van der Waals surface area contributed by atoms with Crippen LogP contribution in [-0.4, -0.2) is 48.1 Å². The minimum Gasteiger partial charge on any atom is -0.368 e. The largest absolute Gasteiger partial charge is 0.368 e. The van der Waals surface area contributed by atoms with E-state index in [-0.39, 0.29) is 17.2 Å². The fourth-order valence-electron chi connectivity index (χ4n) is 4.72. The van der Waals surface area contributed by atoms with Gasteiger partial charge >= 0.3 is 0 Å². The van der Waals surface area contributed by atoms with Crippen LogP contribution in [0.1, 0.15) is 32.1 Å². The van der Waals surface area contributed by atoms with Gasteiger partial charge in [-0.05, 0) is 49.7 Å². The molecular weight excluding hydrogens is 330 g/mol. The molecule has 4 rings (SSSR count). The van der Waals surface area contributed by atoms with E-state index in [1.807, 2.05) is 23.1 Å². The highest BCUT2D eigenvalue weighted by Gasteiger charge is 2.52. The standard InChI is InChI=1S/C20H27N3O3/c24-18(21-26)17-14-20(8-9-20)7-6-16(17)19(25)23-12-10-22(11-13-23)15-4-2-1-3-5-15/h1-5,16-17,26H,6-14H2,(H,21,24)/t16-,17+/m0/s1. The van der Waals surface area contributed by atoms with Crippen LogP contribution < -0.4 is 10.4 Å². The number of nitrogens with one attached hydrogen (secondary N) is 1.